The fourth-order valence-corrected chi connectivity index (χ4v) is 3.43. The number of methoxy groups -OCH3 is 1. The minimum Gasteiger partial charge on any atom is -0.497 e. The van der Waals surface area contributed by atoms with Gasteiger partial charge in [-0.05, 0) is 62.5 Å². The number of amides is 1. The Balaban J connectivity index is 2.00. The van der Waals surface area contributed by atoms with Gasteiger partial charge in [-0.15, -0.1) is 0 Å². The molecule has 0 unspecified atom stereocenters. The van der Waals surface area contributed by atoms with Gasteiger partial charge in [0.2, 0.25) is 0 Å². The van der Waals surface area contributed by atoms with Crippen LogP contribution in [0.4, 0.5) is 17.1 Å². The Morgan fingerprint density at radius 1 is 1.04 bits per heavy atom. The monoisotopic (exact) mass is 371 g/mol. The fourth-order valence-electron chi connectivity index (χ4n) is 2.91. The summed E-state index contributed by atoms with van der Waals surface area (Å²) in [5.41, 5.74) is 0.318. The lowest BCUT2D eigenvalue weighted by molar-refractivity contribution is -0.384. The highest BCUT2D eigenvalue weighted by Gasteiger charge is 2.50. The van der Waals surface area contributed by atoms with Crippen molar-refractivity contribution < 1.29 is 14.5 Å². The SMILES string of the molecule is COc1ccc(N2C(=S)N(c3ccc([N+](=O)[O-])cc3)C(=O)C2(C)C)cc1. The van der Waals surface area contributed by atoms with Gasteiger partial charge in [0.25, 0.3) is 11.6 Å². The van der Waals surface area contributed by atoms with E-state index in [1.165, 1.54) is 29.2 Å². The lowest BCUT2D eigenvalue weighted by Crippen LogP contribution is -2.44. The molecule has 26 heavy (non-hydrogen) atoms. The first-order chi connectivity index (χ1) is 12.3. The predicted octanol–water partition coefficient (Wildman–Crippen LogP) is 3.52. The summed E-state index contributed by atoms with van der Waals surface area (Å²) in [7, 11) is 1.58. The molecule has 0 aliphatic carbocycles. The Morgan fingerprint density at radius 3 is 2.08 bits per heavy atom. The van der Waals surface area contributed by atoms with Crippen molar-refractivity contribution in [2.24, 2.45) is 0 Å². The van der Waals surface area contributed by atoms with Crippen LogP contribution < -0.4 is 14.5 Å². The van der Waals surface area contributed by atoms with Crippen LogP contribution in [0.2, 0.25) is 0 Å². The fraction of sp³-hybridized carbons (Fsp3) is 0.222. The smallest absolute Gasteiger partial charge is 0.269 e. The molecule has 1 amide bonds. The number of non-ortho nitro benzene ring substituents is 1. The first-order valence-corrected chi connectivity index (χ1v) is 8.25. The predicted molar refractivity (Wildman–Crippen MR) is 103 cm³/mol. The zero-order valence-corrected chi connectivity index (χ0v) is 15.3. The summed E-state index contributed by atoms with van der Waals surface area (Å²) in [5.74, 6) is 0.502. The number of ether oxygens (including phenoxy) is 1. The molecule has 1 fully saturated rings. The molecule has 0 N–H and O–H groups in total. The number of hydrogen-bond donors (Lipinski definition) is 0. The van der Waals surface area contributed by atoms with Gasteiger partial charge in [0.15, 0.2) is 5.11 Å². The highest BCUT2D eigenvalue weighted by atomic mass is 32.1. The van der Waals surface area contributed by atoms with Gasteiger partial charge in [0.05, 0.1) is 17.7 Å². The van der Waals surface area contributed by atoms with Gasteiger partial charge in [0, 0.05) is 17.8 Å². The minimum atomic E-state index is -0.895. The second-order valence-electron chi connectivity index (χ2n) is 6.29. The van der Waals surface area contributed by atoms with E-state index in [0.29, 0.717) is 16.5 Å². The number of carbonyl (C=O) groups is 1. The number of carbonyl (C=O) groups excluding carboxylic acids is 1. The number of rotatable bonds is 4. The molecule has 8 heteroatoms. The second kappa shape index (κ2) is 6.38. The van der Waals surface area contributed by atoms with Gasteiger partial charge in [-0.2, -0.15) is 0 Å². The van der Waals surface area contributed by atoms with Crippen LogP contribution in [-0.4, -0.2) is 28.6 Å². The van der Waals surface area contributed by atoms with Crippen molar-refractivity contribution in [3.63, 3.8) is 0 Å². The van der Waals surface area contributed by atoms with Crippen LogP contribution in [0.1, 0.15) is 13.8 Å². The maximum Gasteiger partial charge on any atom is 0.269 e. The number of nitrogens with zero attached hydrogens (tertiary/aromatic N) is 3. The van der Waals surface area contributed by atoms with E-state index in [1.54, 1.807) is 38.0 Å². The van der Waals surface area contributed by atoms with Crippen LogP contribution in [-0.2, 0) is 4.79 Å². The van der Waals surface area contributed by atoms with Gasteiger partial charge in [-0.3, -0.25) is 19.8 Å². The maximum absolute atomic E-state index is 13.0. The topological polar surface area (TPSA) is 75.9 Å². The largest absolute Gasteiger partial charge is 0.497 e. The van der Waals surface area contributed by atoms with Gasteiger partial charge < -0.3 is 9.64 Å². The molecule has 1 saturated heterocycles. The lowest BCUT2D eigenvalue weighted by Gasteiger charge is -2.29. The summed E-state index contributed by atoms with van der Waals surface area (Å²) in [6, 6.07) is 13.0. The Hall–Kier alpha value is -3.00. The quantitative estimate of drug-likeness (QED) is 0.465. The Labute approximate surface area is 155 Å². The average molecular weight is 371 g/mol. The van der Waals surface area contributed by atoms with E-state index in [9.17, 15) is 14.9 Å². The molecule has 2 aromatic rings. The summed E-state index contributed by atoms with van der Waals surface area (Å²) in [4.78, 5) is 26.5. The molecule has 3 rings (SSSR count). The summed E-state index contributed by atoms with van der Waals surface area (Å²) < 4.78 is 5.17. The van der Waals surface area contributed by atoms with Crippen LogP contribution >= 0.6 is 12.2 Å². The molecule has 1 aliphatic rings. The molecule has 0 atom stereocenters. The van der Waals surface area contributed by atoms with E-state index in [-0.39, 0.29) is 11.6 Å². The number of nitro benzene ring substituents is 1. The van der Waals surface area contributed by atoms with Crippen molar-refractivity contribution >= 4 is 40.3 Å². The standard InChI is InChI=1S/C18H17N3O4S/c1-18(2)16(22)19(12-4-6-14(7-5-12)21(23)24)17(26)20(18)13-8-10-15(25-3)11-9-13/h4-11H,1-3H3. The van der Waals surface area contributed by atoms with Crippen LogP contribution in [0.3, 0.4) is 0 Å². The molecule has 2 aromatic carbocycles. The Morgan fingerprint density at radius 2 is 1.58 bits per heavy atom. The first-order valence-electron chi connectivity index (χ1n) is 7.84. The molecular weight excluding hydrogens is 354 g/mol. The number of benzene rings is 2. The van der Waals surface area contributed by atoms with E-state index >= 15 is 0 Å². The molecule has 0 saturated carbocycles. The molecule has 0 radical (unpaired) electrons. The van der Waals surface area contributed by atoms with Crippen LogP contribution in [0.15, 0.2) is 48.5 Å². The van der Waals surface area contributed by atoms with E-state index in [0.717, 1.165) is 5.69 Å². The number of thiocarbonyl (C=S) groups is 1. The molecule has 0 bridgehead atoms. The van der Waals surface area contributed by atoms with Gasteiger partial charge >= 0.3 is 0 Å². The summed E-state index contributed by atoms with van der Waals surface area (Å²) in [6.45, 7) is 3.58. The van der Waals surface area contributed by atoms with Gasteiger partial charge in [-0.1, -0.05) is 0 Å². The second-order valence-corrected chi connectivity index (χ2v) is 6.65. The van der Waals surface area contributed by atoms with Crippen molar-refractivity contribution in [3.05, 3.63) is 58.6 Å². The van der Waals surface area contributed by atoms with Crippen molar-refractivity contribution in [1.29, 1.82) is 0 Å². The number of hydrogen-bond acceptors (Lipinski definition) is 5. The Bertz CT molecular complexity index is 878. The number of anilines is 2. The highest BCUT2D eigenvalue weighted by Crippen LogP contribution is 2.37. The third kappa shape index (κ3) is 2.78. The number of nitro groups is 1. The van der Waals surface area contributed by atoms with E-state index in [1.807, 2.05) is 12.1 Å². The zero-order valence-electron chi connectivity index (χ0n) is 14.5. The van der Waals surface area contributed by atoms with Crippen molar-refractivity contribution in [1.82, 2.24) is 0 Å². The van der Waals surface area contributed by atoms with Crippen molar-refractivity contribution in [2.45, 2.75) is 19.4 Å². The maximum atomic E-state index is 13.0. The lowest BCUT2D eigenvalue weighted by atomic mass is 10.0. The molecule has 0 aromatic heterocycles. The zero-order chi connectivity index (χ0) is 19.1. The highest BCUT2D eigenvalue weighted by molar-refractivity contribution is 7.81. The average Bonchev–Trinajstić information content (AvgIpc) is 2.80. The molecule has 0 spiro atoms. The van der Waals surface area contributed by atoms with Crippen LogP contribution in [0, 0.1) is 10.1 Å². The third-order valence-electron chi connectivity index (χ3n) is 4.32. The summed E-state index contributed by atoms with van der Waals surface area (Å²) in [5, 5.41) is 11.2. The van der Waals surface area contributed by atoms with Crippen molar-refractivity contribution in [2.75, 3.05) is 16.9 Å². The first kappa shape index (κ1) is 17.8. The van der Waals surface area contributed by atoms with E-state index in [2.05, 4.69) is 0 Å². The molecule has 7 nitrogen and oxygen atoms in total. The molecule has 134 valence electrons. The third-order valence-corrected chi connectivity index (χ3v) is 4.68. The summed E-state index contributed by atoms with van der Waals surface area (Å²) >= 11 is 5.56. The van der Waals surface area contributed by atoms with Gasteiger partial charge in [-0.25, -0.2) is 0 Å². The Kier molecular flexibility index (Phi) is 4.37. The minimum absolute atomic E-state index is 0.0439. The van der Waals surface area contributed by atoms with Crippen LogP contribution in [0.25, 0.3) is 0 Å². The van der Waals surface area contributed by atoms with Gasteiger partial charge in [0.1, 0.15) is 11.3 Å². The van der Waals surface area contributed by atoms with E-state index in [4.69, 9.17) is 17.0 Å². The van der Waals surface area contributed by atoms with E-state index < -0.39 is 10.5 Å². The molecule has 1 heterocycles. The molecular formula is C18H17N3O4S. The summed E-state index contributed by atoms with van der Waals surface area (Å²) in [6.07, 6.45) is 0. The normalized spacial score (nSPS) is 16.1. The van der Waals surface area contributed by atoms with Crippen molar-refractivity contribution in [3.8, 4) is 5.75 Å². The van der Waals surface area contributed by atoms with Crippen LogP contribution in [0.5, 0.6) is 5.75 Å². The molecule has 1 aliphatic heterocycles.